The summed E-state index contributed by atoms with van der Waals surface area (Å²) in [6.45, 7) is 4.05. The van der Waals surface area contributed by atoms with Gasteiger partial charge in [0, 0.05) is 17.3 Å². The summed E-state index contributed by atoms with van der Waals surface area (Å²) in [4.78, 5) is 16.5. The van der Waals surface area contributed by atoms with E-state index in [1.165, 1.54) is 12.1 Å². The molecule has 0 aliphatic rings. The molecule has 0 saturated carbocycles. The van der Waals surface area contributed by atoms with Crippen molar-refractivity contribution >= 4 is 32.6 Å². The van der Waals surface area contributed by atoms with Crippen LogP contribution in [-0.4, -0.2) is 19.4 Å². The molecule has 0 spiro atoms. The van der Waals surface area contributed by atoms with E-state index < -0.39 is 27.6 Å². The zero-order chi connectivity index (χ0) is 24.3. The van der Waals surface area contributed by atoms with E-state index in [1.54, 1.807) is 36.5 Å². The highest BCUT2D eigenvalue weighted by Gasteiger charge is 2.16. The van der Waals surface area contributed by atoms with Crippen LogP contribution in [-0.2, 0) is 15.8 Å². The normalized spacial score (nSPS) is 11.3. The molecule has 0 atom stereocenters. The van der Waals surface area contributed by atoms with Crippen molar-refractivity contribution in [2.75, 3.05) is 5.32 Å². The number of nitrogens with one attached hydrogen (secondary N) is 2. The van der Waals surface area contributed by atoms with E-state index in [2.05, 4.69) is 10.3 Å². The maximum absolute atomic E-state index is 13.0. The number of anilines is 1. The van der Waals surface area contributed by atoms with E-state index in [9.17, 15) is 17.6 Å². The number of aromatic nitrogens is 1. The van der Waals surface area contributed by atoms with Crippen LogP contribution < -0.4 is 14.8 Å². The summed E-state index contributed by atoms with van der Waals surface area (Å²) in [6, 6.07) is 16.4. The standard InChI is InChI=1S/C25H22FN3O4S/c1-16-13-22-23(14-17(16)2)27-12-11-24(22)33-21-9-7-20(8-10-21)28-25(30)29-34(31,32)15-18-3-5-19(26)6-4-18/h3-14H,15H2,1-2H3,(H2,28,29,30). The van der Waals surface area contributed by atoms with Crippen molar-refractivity contribution in [2.24, 2.45) is 0 Å². The molecule has 2 amide bonds. The summed E-state index contributed by atoms with van der Waals surface area (Å²) in [5.74, 6) is 0.271. The number of ether oxygens (including phenoxy) is 1. The molecule has 0 saturated heterocycles. The van der Waals surface area contributed by atoms with Crippen molar-refractivity contribution in [1.29, 1.82) is 0 Å². The van der Waals surface area contributed by atoms with Gasteiger partial charge in [0.05, 0.1) is 11.3 Å². The summed E-state index contributed by atoms with van der Waals surface area (Å²) < 4.78 is 45.3. The molecule has 3 aromatic carbocycles. The number of benzene rings is 3. The van der Waals surface area contributed by atoms with Gasteiger partial charge in [-0.1, -0.05) is 12.1 Å². The van der Waals surface area contributed by atoms with Crippen LogP contribution in [0.5, 0.6) is 11.5 Å². The van der Waals surface area contributed by atoms with Crippen LogP contribution in [0.3, 0.4) is 0 Å². The lowest BCUT2D eigenvalue weighted by Crippen LogP contribution is -2.35. The molecule has 2 N–H and O–H groups in total. The molecule has 0 aliphatic heterocycles. The minimum atomic E-state index is -3.96. The number of carbonyl (C=O) groups is 1. The van der Waals surface area contributed by atoms with Gasteiger partial charge in [0.15, 0.2) is 0 Å². The lowest BCUT2D eigenvalue weighted by Gasteiger charge is -2.12. The van der Waals surface area contributed by atoms with Crippen LogP contribution in [0.2, 0.25) is 0 Å². The molecular formula is C25H22FN3O4S. The van der Waals surface area contributed by atoms with E-state index in [4.69, 9.17) is 4.74 Å². The first-order valence-corrected chi connectivity index (χ1v) is 12.0. The fraction of sp³-hybridized carbons (Fsp3) is 0.120. The fourth-order valence-corrected chi connectivity index (χ4v) is 4.37. The predicted molar refractivity (Wildman–Crippen MR) is 129 cm³/mol. The third-order valence-electron chi connectivity index (χ3n) is 5.18. The minimum absolute atomic E-state index is 0.359. The quantitative estimate of drug-likeness (QED) is 0.384. The van der Waals surface area contributed by atoms with Crippen LogP contribution in [0.1, 0.15) is 16.7 Å². The van der Waals surface area contributed by atoms with Crippen LogP contribution in [0.4, 0.5) is 14.9 Å². The number of hydrogen-bond acceptors (Lipinski definition) is 5. The zero-order valence-corrected chi connectivity index (χ0v) is 19.3. The topological polar surface area (TPSA) is 97.4 Å². The number of fused-ring (bicyclic) bond motifs is 1. The van der Waals surface area contributed by atoms with Crippen molar-refractivity contribution in [3.8, 4) is 11.5 Å². The largest absolute Gasteiger partial charge is 0.457 e. The molecule has 0 fully saturated rings. The zero-order valence-electron chi connectivity index (χ0n) is 18.5. The lowest BCUT2D eigenvalue weighted by molar-refractivity contribution is 0.256. The third kappa shape index (κ3) is 5.68. The van der Waals surface area contributed by atoms with Gasteiger partial charge in [0.25, 0.3) is 0 Å². The molecule has 174 valence electrons. The van der Waals surface area contributed by atoms with Crippen molar-refractivity contribution < 1.29 is 22.3 Å². The maximum atomic E-state index is 13.0. The van der Waals surface area contributed by atoms with Gasteiger partial charge in [-0.15, -0.1) is 0 Å². The molecule has 7 nitrogen and oxygen atoms in total. The summed E-state index contributed by atoms with van der Waals surface area (Å²) >= 11 is 0. The van der Waals surface area contributed by atoms with Gasteiger partial charge < -0.3 is 10.1 Å². The highest BCUT2D eigenvalue weighted by molar-refractivity contribution is 7.89. The van der Waals surface area contributed by atoms with Crippen molar-refractivity contribution in [3.63, 3.8) is 0 Å². The van der Waals surface area contributed by atoms with Gasteiger partial charge in [-0.25, -0.2) is 22.3 Å². The van der Waals surface area contributed by atoms with E-state index in [-0.39, 0.29) is 0 Å². The van der Waals surface area contributed by atoms with Gasteiger partial charge in [-0.05, 0) is 85.1 Å². The molecule has 9 heteroatoms. The monoisotopic (exact) mass is 479 g/mol. The molecule has 4 rings (SSSR count). The van der Waals surface area contributed by atoms with Crippen molar-refractivity contribution in [3.05, 3.63) is 95.4 Å². The number of urea groups is 1. The number of pyridine rings is 1. The molecule has 0 unspecified atom stereocenters. The van der Waals surface area contributed by atoms with Crippen LogP contribution >= 0.6 is 0 Å². The fourth-order valence-electron chi connectivity index (χ4n) is 3.34. The van der Waals surface area contributed by atoms with Crippen molar-refractivity contribution in [2.45, 2.75) is 19.6 Å². The van der Waals surface area contributed by atoms with Gasteiger partial charge in [-0.2, -0.15) is 0 Å². The average molecular weight is 480 g/mol. The first-order valence-electron chi connectivity index (χ1n) is 10.4. The van der Waals surface area contributed by atoms with Crippen LogP contribution in [0, 0.1) is 19.7 Å². The highest BCUT2D eigenvalue weighted by Crippen LogP contribution is 2.31. The van der Waals surface area contributed by atoms with Gasteiger partial charge in [-0.3, -0.25) is 4.98 Å². The second kappa shape index (κ2) is 9.48. The first kappa shape index (κ1) is 23.2. The Hall–Kier alpha value is -3.98. The molecule has 1 aromatic heterocycles. The second-order valence-electron chi connectivity index (χ2n) is 7.83. The van der Waals surface area contributed by atoms with E-state index in [0.717, 1.165) is 34.2 Å². The Bertz CT molecular complexity index is 1450. The van der Waals surface area contributed by atoms with Gasteiger partial charge in [0.1, 0.15) is 17.3 Å². The molecule has 0 bridgehead atoms. The molecular weight excluding hydrogens is 457 g/mol. The second-order valence-corrected chi connectivity index (χ2v) is 9.55. The van der Waals surface area contributed by atoms with Gasteiger partial charge in [0.2, 0.25) is 10.0 Å². The van der Waals surface area contributed by atoms with E-state index in [1.807, 2.05) is 30.7 Å². The molecule has 34 heavy (non-hydrogen) atoms. The smallest absolute Gasteiger partial charge is 0.332 e. The van der Waals surface area contributed by atoms with Crippen LogP contribution in [0.15, 0.2) is 72.9 Å². The number of amides is 2. The molecule has 1 heterocycles. The Labute approximate surface area is 196 Å². The SMILES string of the molecule is Cc1cc2nccc(Oc3ccc(NC(=O)NS(=O)(=O)Cc4ccc(F)cc4)cc3)c2cc1C. The number of halogens is 1. The molecule has 0 aliphatic carbocycles. The summed E-state index contributed by atoms with van der Waals surface area (Å²) in [7, 11) is -3.96. The van der Waals surface area contributed by atoms with E-state index >= 15 is 0 Å². The van der Waals surface area contributed by atoms with Crippen molar-refractivity contribution in [1.82, 2.24) is 9.71 Å². The Kier molecular flexibility index (Phi) is 6.47. The number of rotatable bonds is 6. The Morgan fingerprint density at radius 2 is 1.65 bits per heavy atom. The Morgan fingerprint density at radius 1 is 0.971 bits per heavy atom. The van der Waals surface area contributed by atoms with Crippen LogP contribution in [0.25, 0.3) is 10.9 Å². The predicted octanol–water partition coefficient (Wildman–Crippen LogP) is 5.43. The Morgan fingerprint density at radius 3 is 2.35 bits per heavy atom. The third-order valence-corrected chi connectivity index (χ3v) is 6.38. The number of aryl methyl sites for hydroxylation is 2. The minimum Gasteiger partial charge on any atom is -0.457 e. The molecule has 4 aromatic rings. The lowest BCUT2D eigenvalue weighted by atomic mass is 10.1. The number of carbonyl (C=O) groups excluding carboxylic acids is 1. The van der Waals surface area contributed by atoms with E-state index in [0.29, 0.717) is 22.7 Å². The molecule has 0 radical (unpaired) electrons. The summed E-state index contributed by atoms with van der Waals surface area (Å²) in [5, 5.41) is 3.36. The average Bonchev–Trinajstić information content (AvgIpc) is 2.77. The number of sulfonamides is 1. The number of nitrogens with zero attached hydrogens (tertiary/aromatic N) is 1. The highest BCUT2D eigenvalue weighted by atomic mass is 32.2. The summed E-state index contributed by atoms with van der Waals surface area (Å²) in [5.41, 5.74) is 3.85. The Balaban J connectivity index is 1.40. The summed E-state index contributed by atoms with van der Waals surface area (Å²) in [6.07, 6.45) is 1.68. The maximum Gasteiger partial charge on any atom is 0.332 e. The first-order chi connectivity index (χ1) is 16.2. The van der Waals surface area contributed by atoms with Gasteiger partial charge >= 0.3 is 6.03 Å². The number of hydrogen-bond donors (Lipinski definition) is 2.